The van der Waals surface area contributed by atoms with Gasteiger partial charge in [-0.1, -0.05) is 41.9 Å². The van der Waals surface area contributed by atoms with Crippen molar-refractivity contribution in [3.63, 3.8) is 0 Å². The molecule has 152 valence electrons. The van der Waals surface area contributed by atoms with Crippen molar-refractivity contribution in [2.24, 2.45) is 0 Å². The lowest BCUT2D eigenvalue weighted by Crippen LogP contribution is -2.27. The highest BCUT2D eigenvalue weighted by molar-refractivity contribution is 8.18. The zero-order valence-electron chi connectivity index (χ0n) is 17.0. The van der Waals surface area contributed by atoms with Crippen LogP contribution >= 0.6 is 23.4 Å². The number of aromatic nitrogens is 1. The zero-order chi connectivity index (χ0) is 21.4. The van der Waals surface area contributed by atoms with Crippen LogP contribution in [0.25, 0.3) is 11.8 Å². The molecule has 2 aromatic carbocycles. The first kappa shape index (κ1) is 20.5. The van der Waals surface area contributed by atoms with Gasteiger partial charge in [-0.25, -0.2) is 0 Å². The van der Waals surface area contributed by atoms with Crippen LogP contribution < -0.4 is 0 Å². The monoisotopic (exact) mass is 436 g/mol. The minimum atomic E-state index is -0.263. The van der Waals surface area contributed by atoms with Gasteiger partial charge in [0.2, 0.25) is 0 Å². The van der Waals surface area contributed by atoms with Crippen LogP contribution in [0.1, 0.15) is 28.1 Å². The first-order valence-corrected chi connectivity index (χ1v) is 10.8. The number of nitrogens with zero attached hydrogens (tertiary/aromatic N) is 2. The summed E-state index contributed by atoms with van der Waals surface area (Å²) in [6.07, 6.45) is 1.82. The second kappa shape index (κ2) is 8.17. The number of rotatable bonds is 4. The average Bonchev–Trinajstić information content (AvgIpc) is 3.14. The molecule has 1 saturated heterocycles. The summed E-state index contributed by atoms with van der Waals surface area (Å²) in [6, 6.07) is 17.4. The van der Waals surface area contributed by atoms with Gasteiger partial charge in [0.15, 0.2) is 0 Å². The Hall–Kier alpha value is -2.76. The molecule has 0 unspecified atom stereocenters. The van der Waals surface area contributed by atoms with Gasteiger partial charge >= 0.3 is 0 Å². The van der Waals surface area contributed by atoms with Crippen molar-refractivity contribution < 1.29 is 9.59 Å². The van der Waals surface area contributed by atoms with Crippen molar-refractivity contribution in [1.29, 1.82) is 0 Å². The molecule has 30 heavy (non-hydrogen) atoms. The van der Waals surface area contributed by atoms with Crippen molar-refractivity contribution in [3.05, 3.63) is 92.6 Å². The highest BCUT2D eigenvalue weighted by Crippen LogP contribution is 2.35. The summed E-state index contributed by atoms with van der Waals surface area (Å²) in [4.78, 5) is 27.1. The van der Waals surface area contributed by atoms with E-state index < -0.39 is 0 Å². The van der Waals surface area contributed by atoms with E-state index in [-0.39, 0.29) is 17.7 Å². The van der Waals surface area contributed by atoms with Crippen molar-refractivity contribution in [3.8, 4) is 5.69 Å². The second-order valence-corrected chi connectivity index (χ2v) is 8.77. The van der Waals surface area contributed by atoms with Crippen LogP contribution in [0.3, 0.4) is 0 Å². The number of benzene rings is 2. The van der Waals surface area contributed by atoms with Crippen molar-refractivity contribution >= 4 is 40.6 Å². The highest BCUT2D eigenvalue weighted by Gasteiger charge is 2.35. The number of hydrogen-bond acceptors (Lipinski definition) is 3. The largest absolute Gasteiger partial charge is 0.318 e. The number of carbonyl (C=O) groups excluding carboxylic acids is 2. The number of thioether (sulfide) groups is 1. The second-order valence-electron chi connectivity index (χ2n) is 7.34. The van der Waals surface area contributed by atoms with Gasteiger partial charge < -0.3 is 4.57 Å². The van der Waals surface area contributed by atoms with Crippen molar-refractivity contribution in [1.82, 2.24) is 9.47 Å². The lowest BCUT2D eigenvalue weighted by molar-refractivity contribution is -0.123. The third-order valence-corrected chi connectivity index (χ3v) is 6.40. The molecule has 0 N–H and O–H groups in total. The van der Waals surface area contributed by atoms with Crippen LogP contribution in [0.2, 0.25) is 5.02 Å². The number of imide groups is 1. The summed E-state index contributed by atoms with van der Waals surface area (Å²) in [5.74, 6) is -0.263. The summed E-state index contributed by atoms with van der Waals surface area (Å²) < 4.78 is 2.18. The first-order chi connectivity index (χ1) is 14.3. The Balaban J connectivity index is 1.63. The molecule has 4 nitrogen and oxygen atoms in total. The lowest BCUT2D eigenvalue weighted by Gasteiger charge is -2.13. The molecule has 2 amide bonds. The smallest absolute Gasteiger partial charge is 0.293 e. The van der Waals surface area contributed by atoms with Crippen LogP contribution in [0.4, 0.5) is 4.79 Å². The maximum absolute atomic E-state index is 12.9. The topological polar surface area (TPSA) is 42.3 Å². The van der Waals surface area contributed by atoms with Crippen molar-refractivity contribution in [2.75, 3.05) is 0 Å². The fourth-order valence-electron chi connectivity index (χ4n) is 3.67. The molecule has 0 saturated carbocycles. The molecule has 6 heteroatoms. The molecular formula is C24H21ClN2O2S. The number of amides is 2. The van der Waals surface area contributed by atoms with Gasteiger partial charge in [0, 0.05) is 22.1 Å². The third kappa shape index (κ3) is 3.83. The molecule has 0 radical (unpaired) electrons. The van der Waals surface area contributed by atoms with Crippen LogP contribution in [-0.2, 0) is 11.3 Å². The summed E-state index contributed by atoms with van der Waals surface area (Å²) in [6.45, 7) is 6.39. The van der Waals surface area contributed by atoms with Crippen LogP contribution in [0, 0.1) is 20.8 Å². The van der Waals surface area contributed by atoms with Gasteiger partial charge in [0.05, 0.1) is 11.4 Å². The first-order valence-electron chi connectivity index (χ1n) is 9.60. The molecule has 4 rings (SSSR count). The Morgan fingerprint density at radius 3 is 2.40 bits per heavy atom. The Morgan fingerprint density at radius 1 is 1.00 bits per heavy atom. The fraction of sp³-hybridized carbons (Fsp3) is 0.167. The molecule has 0 atom stereocenters. The van der Waals surface area contributed by atoms with E-state index in [1.54, 1.807) is 12.1 Å². The van der Waals surface area contributed by atoms with Gasteiger partial charge in [-0.15, -0.1) is 0 Å². The highest BCUT2D eigenvalue weighted by atomic mass is 35.5. The SMILES string of the molecule is Cc1ccccc1-n1c(C)cc(/C=C2\SC(=O)N(Cc3ccc(Cl)cc3)C2=O)c1C. The van der Waals surface area contributed by atoms with Gasteiger partial charge in [-0.2, -0.15) is 0 Å². The van der Waals surface area contributed by atoms with E-state index in [4.69, 9.17) is 11.6 Å². The minimum Gasteiger partial charge on any atom is -0.318 e. The predicted octanol–water partition coefficient (Wildman–Crippen LogP) is 6.29. The van der Waals surface area contributed by atoms with E-state index in [0.717, 1.165) is 40.0 Å². The van der Waals surface area contributed by atoms with Gasteiger partial charge in [0.1, 0.15) is 0 Å². The molecule has 2 heterocycles. The van der Waals surface area contributed by atoms with Crippen LogP contribution in [0.15, 0.2) is 59.5 Å². The average molecular weight is 437 g/mol. The molecule has 0 aliphatic carbocycles. The van der Waals surface area contributed by atoms with E-state index in [9.17, 15) is 9.59 Å². The van der Waals surface area contributed by atoms with E-state index in [0.29, 0.717) is 9.93 Å². The standard InChI is InChI=1S/C24H21ClN2O2S/c1-15-6-4-5-7-21(15)27-16(2)12-19(17(27)3)13-22-23(28)26(24(29)30-22)14-18-8-10-20(25)11-9-18/h4-13H,14H2,1-3H3/b22-13-. The maximum Gasteiger partial charge on any atom is 0.293 e. The van der Waals surface area contributed by atoms with Crippen LogP contribution in [0.5, 0.6) is 0 Å². The van der Waals surface area contributed by atoms with Crippen molar-refractivity contribution in [2.45, 2.75) is 27.3 Å². The normalized spacial score (nSPS) is 15.5. The van der Waals surface area contributed by atoms with Gasteiger partial charge in [-0.05, 0) is 79.6 Å². The zero-order valence-corrected chi connectivity index (χ0v) is 18.6. The molecule has 1 aliphatic rings. The summed E-state index contributed by atoms with van der Waals surface area (Å²) in [5, 5.41) is 0.366. The number of para-hydroxylation sites is 1. The Bertz CT molecular complexity index is 1180. The summed E-state index contributed by atoms with van der Waals surface area (Å²) >= 11 is 6.90. The van der Waals surface area contributed by atoms with Crippen LogP contribution in [-0.4, -0.2) is 20.6 Å². The minimum absolute atomic E-state index is 0.238. The molecule has 1 aromatic heterocycles. The number of aryl methyl sites for hydroxylation is 2. The van der Waals surface area contributed by atoms with E-state index >= 15 is 0 Å². The van der Waals surface area contributed by atoms with E-state index in [1.165, 1.54) is 10.5 Å². The van der Waals surface area contributed by atoms with E-state index in [1.807, 2.05) is 44.2 Å². The summed E-state index contributed by atoms with van der Waals surface area (Å²) in [7, 11) is 0. The van der Waals surface area contributed by atoms with E-state index in [2.05, 4.69) is 29.7 Å². The molecule has 1 aliphatic heterocycles. The molecule has 0 spiro atoms. The maximum atomic E-state index is 12.9. The number of carbonyl (C=O) groups is 2. The Kier molecular flexibility index (Phi) is 5.58. The Morgan fingerprint density at radius 2 is 1.70 bits per heavy atom. The molecule has 0 bridgehead atoms. The molecule has 1 fully saturated rings. The number of halogens is 1. The third-order valence-electron chi connectivity index (χ3n) is 5.24. The molecular weight excluding hydrogens is 416 g/mol. The number of hydrogen-bond donors (Lipinski definition) is 0. The quantitative estimate of drug-likeness (QED) is 0.451. The Labute approximate surface area is 185 Å². The summed E-state index contributed by atoms with van der Waals surface area (Å²) in [5.41, 5.74) is 6.20. The van der Waals surface area contributed by atoms with Gasteiger partial charge in [-0.3, -0.25) is 14.5 Å². The predicted molar refractivity (Wildman–Crippen MR) is 123 cm³/mol. The lowest BCUT2D eigenvalue weighted by atomic mass is 10.2. The fourth-order valence-corrected chi connectivity index (χ4v) is 4.62. The molecule has 3 aromatic rings. The van der Waals surface area contributed by atoms with Gasteiger partial charge in [0.25, 0.3) is 11.1 Å².